The van der Waals surface area contributed by atoms with Crippen molar-refractivity contribution in [2.24, 2.45) is 11.8 Å². The summed E-state index contributed by atoms with van der Waals surface area (Å²) < 4.78 is 11.7. The van der Waals surface area contributed by atoms with Crippen molar-refractivity contribution in [3.8, 4) is 0 Å². The first-order valence-corrected chi connectivity index (χ1v) is 11.2. The topological polar surface area (TPSA) is 59.1 Å². The third kappa shape index (κ3) is 3.46. The first-order chi connectivity index (χ1) is 14.6. The van der Waals surface area contributed by atoms with E-state index in [1.807, 2.05) is 35.2 Å². The number of hydrogen-bond donors (Lipinski definition) is 0. The summed E-state index contributed by atoms with van der Waals surface area (Å²) in [6.45, 7) is 6.77. The summed E-state index contributed by atoms with van der Waals surface area (Å²) in [5, 5.41) is 0. The molecule has 6 nitrogen and oxygen atoms in total. The van der Waals surface area contributed by atoms with Crippen LogP contribution in [0.2, 0.25) is 0 Å². The number of rotatable bonds is 4. The molecule has 2 fully saturated rings. The van der Waals surface area contributed by atoms with E-state index < -0.39 is 0 Å². The standard InChI is InChI=1S/C24H30N2O4/c1-16-7-8-19-18(15-16)22(27)20-21(17-5-3-2-4-6-17)26(24(28)23(20)30-19)10-9-25-11-13-29-14-12-25/h2-6,16,18-19,21H,7-15H2,1H3. The molecule has 30 heavy (non-hydrogen) atoms. The summed E-state index contributed by atoms with van der Waals surface area (Å²) in [4.78, 5) is 31.2. The van der Waals surface area contributed by atoms with Crippen LogP contribution in [0.1, 0.15) is 37.8 Å². The van der Waals surface area contributed by atoms with E-state index in [-0.39, 0.29) is 29.8 Å². The predicted octanol–water partition coefficient (Wildman–Crippen LogP) is 2.56. The third-order valence-electron chi connectivity index (χ3n) is 7.08. The molecule has 1 aromatic rings. The van der Waals surface area contributed by atoms with Crippen LogP contribution in [0.3, 0.4) is 0 Å². The highest BCUT2D eigenvalue weighted by atomic mass is 16.5. The summed E-state index contributed by atoms with van der Waals surface area (Å²) in [6, 6.07) is 9.58. The van der Waals surface area contributed by atoms with Crippen LogP contribution >= 0.6 is 0 Å². The van der Waals surface area contributed by atoms with Gasteiger partial charge in [-0.05, 0) is 30.7 Å². The molecule has 4 unspecified atom stereocenters. The molecule has 1 saturated carbocycles. The van der Waals surface area contributed by atoms with Crippen molar-refractivity contribution in [3.05, 3.63) is 47.2 Å². The fourth-order valence-corrected chi connectivity index (χ4v) is 5.41. The zero-order valence-electron chi connectivity index (χ0n) is 17.6. The first kappa shape index (κ1) is 19.8. The highest BCUT2D eigenvalue weighted by molar-refractivity contribution is 6.11. The maximum absolute atomic E-state index is 13.6. The van der Waals surface area contributed by atoms with E-state index in [1.165, 1.54) is 0 Å². The molecule has 1 saturated heterocycles. The summed E-state index contributed by atoms with van der Waals surface area (Å²) in [7, 11) is 0. The normalized spacial score (nSPS) is 32.1. The minimum absolute atomic E-state index is 0.120. The lowest BCUT2D eigenvalue weighted by molar-refractivity contribution is -0.136. The average Bonchev–Trinajstić information content (AvgIpc) is 3.06. The van der Waals surface area contributed by atoms with Crippen molar-refractivity contribution >= 4 is 11.7 Å². The molecular formula is C24H30N2O4. The Kier molecular flexibility index (Phi) is 5.37. The molecule has 0 bridgehead atoms. The molecule has 0 radical (unpaired) electrons. The van der Waals surface area contributed by atoms with Gasteiger partial charge in [0.25, 0.3) is 5.91 Å². The van der Waals surface area contributed by atoms with Gasteiger partial charge in [-0.1, -0.05) is 37.3 Å². The summed E-state index contributed by atoms with van der Waals surface area (Å²) in [6.07, 6.45) is 2.61. The highest BCUT2D eigenvalue weighted by Gasteiger charge is 2.52. The zero-order valence-corrected chi connectivity index (χ0v) is 17.6. The molecule has 6 heteroatoms. The van der Waals surface area contributed by atoms with Crippen molar-refractivity contribution in [1.82, 2.24) is 9.80 Å². The summed E-state index contributed by atoms with van der Waals surface area (Å²) in [5.74, 6) is 0.712. The number of morpholine rings is 1. The third-order valence-corrected chi connectivity index (χ3v) is 7.08. The Morgan fingerprint density at radius 1 is 1.03 bits per heavy atom. The Labute approximate surface area is 177 Å². The van der Waals surface area contributed by atoms with E-state index >= 15 is 0 Å². The number of nitrogens with zero attached hydrogens (tertiary/aromatic N) is 2. The lowest BCUT2D eigenvalue weighted by atomic mass is 9.74. The lowest BCUT2D eigenvalue weighted by Gasteiger charge is -2.37. The number of Topliss-reactive ketones (excluding diaryl/α,β-unsaturated/α-hetero) is 1. The molecule has 3 aliphatic heterocycles. The van der Waals surface area contributed by atoms with Crippen molar-refractivity contribution in [2.45, 2.75) is 38.3 Å². The number of benzene rings is 1. The maximum atomic E-state index is 13.6. The molecule has 160 valence electrons. The lowest BCUT2D eigenvalue weighted by Crippen LogP contribution is -2.43. The Hall–Kier alpha value is -2.18. The molecule has 1 aromatic carbocycles. The fraction of sp³-hybridized carbons (Fsp3) is 0.583. The van der Waals surface area contributed by atoms with Gasteiger partial charge in [0.2, 0.25) is 0 Å². The molecule has 1 amide bonds. The number of ether oxygens (including phenoxy) is 2. The molecule has 1 aliphatic carbocycles. The van der Waals surface area contributed by atoms with E-state index in [2.05, 4.69) is 11.8 Å². The van der Waals surface area contributed by atoms with Crippen LogP contribution in [0, 0.1) is 11.8 Å². The SMILES string of the molecule is CC1CCC2OC3=C(C(=O)C2C1)C(c1ccccc1)N(CCN1CCOCC1)C3=O. The van der Waals surface area contributed by atoms with Gasteiger partial charge >= 0.3 is 0 Å². The van der Waals surface area contributed by atoms with Gasteiger partial charge in [0.05, 0.1) is 30.7 Å². The molecule has 5 rings (SSSR count). The molecular weight excluding hydrogens is 380 g/mol. The van der Waals surface area contributed by atoms with Gasteiger partial charge in [-0.3, -0.25) is 14.5 Å². The van der Waals surface area contributed by atoms with Crippen LogP contribution in [0.15, 0.2) is 41.7 Å². The average molecular weight is 411 g/mol. The molecule has 4 atom stereocenters. The van der Waals surface area contributed by atoms with E-state index in [0.717, 1.165) is 57.7 Å². The van der Waals surface area contributed by atoms with Gasteiger partial charge < -0.3 is 14.4 Å². The molecule has 0 N–H and O–H groups in total. The number of amides is 1. The Morgan fingerprint density at radius 2 is 1.80 bits per heavy atom. The smallest absolute Gasteiger partial charge is 0.290 e. The Balaban J connectivity index is 1.46. The van der Waals surface area contributed by atoms with Crippen molar-refractivity contribution in [3.63, 3.8) is 0 Å². The van der Waals surface area contributed by atoms with Crippen LogP contribution in [0.5, 0.6) is 0 Å². The molecule has 0 spiro atoms. The molecule has 3 heterocycles. The minimum Gasteiger partial charge on any atom is -0.483 e. The van der Waals surface area contributed by atoms with Gasteiger partial charge in [0.15, 0.2) is 11.5 Å². The largest absolute Gasteiger partial charge is 0.483 e. The predicted molar refractivity (Wildman–Crippen MR) is 112 cm³/mol. The first-order valence-electron chi connectivity index (χ1n) is 11.2. The van der Waals surface area contributed by atoms with E-state index in [9.17, 15) is 9.59 Å². The zero-order chi connectivity index (χ0) is 20.7. The van der Waals surface area contributed by atoms with Crippen LogP contribution in [-0.2, 0) is 19.1 Å². The quantitative estimate of drug-likeness (QED) is 0.764. The number of fused-ring (bicyclic) bond motifs is 1. The fourth-order valence-electron chi connectivity index (χ4n) is 5.41. The van der Waals surface area contributed by atoms with E-state index in [1.54, 1.807) is 0 Å². The van der Waals surface area contributed by atoms with E-state index in [0.29, 0.717) is 23.8 Å². The van der Waals surface area contributed by atoms with Crippen molar-refractivity contribution < 1.29 is 19.1 Å². The van der Waals surface area contributed by atoms with Crippen LogP contribution in [0.4, 0.5) is 0 Å². The summed E-state index contributed by atoms with van der Waals surface area (Å²) >= 11 is 0. The van der Waals surface area contributed by atoms with Gasteiger partial charge in [-0.2, -0.15) is 0 Å². The highest BCUT2D eigenvalue weighted by Crippen LogP contribution is 2.47. The van der Waals surface area contributed by atoms with Gasteiger partial charge in [-0.25, -0.2) is 0 Å². The van der Waals surface area contributed by atoms with Gasteiger partial charge in [0, 0.05) is 26.2 Å². The second-order valence-electron chi connectivity index (χ2n) is 9.05. The Bertz CT molecular complexity index is 846. The van der Waals surface area contributed by atoms with Gasteiger partial charge in [0.1, 0.15) is 6.10 Å². The number of carbonyl (C=O) groups is 2. The van der Waals surface area contributed by atoms with Crippen molar-refractivity contribution in [1.29, 1.82) is 0 Å². The number of ketones is 1. The van der Waals surface area contributed by atoms with Crippen LogP contribution in [-0.4, -0.2) is 67.0 Å². The second-order valence-corrected chi connectivity index (χ2v) is 9.05. The van der Waals surface area contributed by atoms with Crippen molar-refractivity contribution in [2.75, 3.05) is 39.4 Å². The number of carbonyl (C=O) groups excluding carboxylic acids is 2. The molecule has 4 aliphatic rings. The molecule has 0 aromatic heterocycles. The van der Waals surface area contributed by atoms with E-state index in [4.69, 9.17) is 9.47 Å². The maximum Gasteiger partial charge on any atom is 0.290 e. The Morgan fingerprint density at radius 3 is 2.57 bits per heavy atom. The second kappa shape index (κ2) is 8.16. The van der Waals surface area contributed by atoms with Crippen LogP contribution < -0.4 is 0 Å². The van der Waals surface area contributed by atoms with Gasteiger partial charge in [-0.15, -0.1) is 0 Å². The van der Waals surface area contributed by atoms with Crippen LogP contribution in [0.25, 0.3) is 0 Å². The number of hydrogen-bond acceptors (Lipinski definition) is 5. The minimum atomic E-state index is -0.347. The summed E-state index contributed by atoms with van der Waals surface area (Å²) in [5.41, 5.74) is 1.57. The monoisotopic (exact) mass is 410 g/mol.